The summed E-state index contributed by atoms with van der Waals surface area (Å²) in [4.78, 5) is 25.4. The first-order chi connectivity index (χ1) is 9.58. The Kier molecular flexibility index (Phi) is 2.94. The molecule has 0 aliphatic carbocycles. The Balaban J connectivity index is 2.25. The van der Waals surface area contributed by atoms with E-state index in [-0.39, 0.29) is 22.7 Å². The van der Waals surface area contributed by atoms with Crippen LogP contribution in [-0.4, -0.2) is 27.0 Å². The lowest BCUT2D eigenvalue weighted by atomic mass is 10.2. The SMILES string of the molecule is COc1cc(Br)ccc1-c1nc2nc(N)[nH]c(=O)c2[nH]1. The summed E-state index contributed by atoms with van der Waals surface area (Å²) in [5.41, 5.74) is 6.41. The molecular formula is C12H10BrN5O2. The van der Waals surface area contributed by atoms with Gasteiger partial charge in [-0.2, -0.15) is 4.98 Å². The van der Waals surface area contributed by atoms with Crippen LogP contribution in [0.4, 0.5) is 5.95 Å². The Bertz CT molecular complexity index is 855. The monoisotopic (exact) mass is 335 g/mol. The van der Waals surface area contributed by atoms with Gasteiger partial charge in [0.15, 0.2) is 11.2 Å². The molecule has 0 saturated heterocycles. The number of nitrogens with one attached hydrogen (secondary N) is 2. The van der Waals surface area contributed by atoms with E-state index in [1.54, 1.807) is 7.11 Å². The Morgan fingerprint density at radius 1 is 1.30 bits per heavy atom. The first-order valence-electron chi connectivity index (χ1n) is 5.68. The lowest BCUT2D eigenvalue weighted by Gasteiger charge is -2.06. The van der Waals surface area contributed by atoms with Crippen LogP contribution < -0.4 is 16.0 Å². The molecule has 2 heterocycles. The zero-order chi connectivity index (χ0) is 14.3. The van der Waals surface area contributed by atoms with Crippen molar-refractivity contribution in [2.75, 3.05) is 12.8 Å². The van der Waals surface area contributed by atoms with Gasteiger partial charge in [0.25, 0.3) is 5.56 Å². The van der Waals surface area contributed by atoms with Gasteiger partial charge in [-0.3, -0.25) is 9.78 Å². The smallest absolute Gasteiger partial charge is 0.278 e. The normalized spacial score (nSPS) is 10.9. The van der Waals surface area contributed by atoms with Crippen LogP contribution in [0.3, 0.4) is 0 Å². The summed E-state index contributed by atoms with van der Waals surface area (Å²) in [6, 6.07) is 5.50. The second-order valence-electron chi connectivity index (χ2n) is 4.08. The van der Waals surface area contributed by atoms with Crippen LogP contribution in [0.25, 0.3) is 22.6 Å². The number of anilines is 1. The standard InChI is InChI=1S/C12H10BrN5O2/c1-20-7-4-5(13)2-3-6(7)9-15-8-10(16-9)17-12(14)18-11(8)19/h2-4H,1H3,(H4,14,15,16,17,18,19). The number of methoxy groups -OCH3 is 1. The van der Waals surface area contributed by atoms with Crippen molar-refractivity contribution < 1.29 is 4.74 Å². The van der Waals surface area contributed by atoms with E-state index in [0.717, 1.165) is 10.0 Å². The number of nitrogens with two attached hydrogens (primary N) is 1. The number of fused-ring (bicyclic) bond motifs is 1. The van der Waals surface area contributed by atoms with E-state index in [9.17, 15) is 4.79 Å². The molecule has 7 nitrogen and oxygen atoms in total. The molecule has 102 valence electrons. The summed E-state index contributed by atoms with van der Waals surface area (Å²) < 4.78 is 6.19. The number of halogens is 1. The molecule has 3 aromatic rings. The maximum Gasteiger partial charge on any atom is 0.278 e. The first-order valence-corrected chi connectivity index (χ1v) is 6.47. The van der Waals surface area contributed by atoms with Crippen molar-refractivity contribution in [2.24, 2.45) is 0 Å². The van der Waals surface area contributed by atoms with E-state index in [4.69, 9.17) is 10.5 Å². The molecule has 4 N–H and O–H groups in total. The third-order valence-corrected chi connectivity index (χ3v) is 3.29. The molecule has 2 aromatic heterocycles. The van der Waals surface area contributed by atoms with Crippen LogP contribution in [0.5, 0.6) is 5.75 Å². The van der Waals surface area contributed by atoms with E-state index in [0.29, 0.717) is 11.6 Å². The van der Waals surface area contributed by atoms with E-state index in [1.807, 2.05) is 18.2 Å². The molecule has 8 heteroatoms. The molecule has 0 saturated carbocycles. The fraction of sp³-hybridized carbons (Fsp3) is 0.0833. The van der Waals surface area contributed by atoms with E-state index in [2.05, 4.69) is 35.9 Å². The third kappa shape index (κ3) is 2.03. The third-order valence-electron chi connectivity index (χ3n) is 2.80. The Morgan fingerprint density at radius 3 is 2.85 bits per heavy atom. The number of nitrogens with zero attached hydrogens (tertiary/aromatic N) is 2. The number of aromatic amines is 2. The van der Waals surface area contributed by atoms with Crippen molar-refractivity contribution in [3.8, 4) is 17.1 Å². The van der Waals surface area contributed by atoms with Crippen molar-refractivity contribution in [3.63, 3.8) is 0 Å². The molecule has 0 amide bonds. The second kappa shape index (κ2) is 4.64. The highest BCUT2D eigenvalue weighted by molar-refractivity contribution is 9.10. The average Bonchev–Trinajstić information content (AvgIpc) is 2.82. The van der Waals surface area contributed by atoms with Gasteiger partial charge < -0.3 is 15.5 Å². The molecular weight excluding hydrogens is 326 g/mol. The number of rotatable bonds is 2. The number of ether oxygens (including phenoxy) is 1. The molecule has 0 fully saturated rings. The summed E-state index contributed by atoms with van der Waals surface area (Å²) in [7, 11) is 1.57. The molecule has 0 aliphatic heterocycles. The van der Waals surface area contributed by atoms with Gasteiger partial charge in [-0.05, 0) is 18.2 Å². The van der Waals surface area contributed by atoms with Crippen LogP contribution in [0.2, 0.25) is 0 Å². The van der Waals surface area contributed by atoms with Crippen molar-refractivity contribution in [1.29, 1.82) is 0 Å². The van der Waals surface area contributed by atoms with E-state index >= 15 is 0 Å². The lowest BCUT2D eigenvalue weighted by molar-refractivity contribution is 0.416. The number of nitrogen functional groups attached to an aromatic ring is 1. The predicted molar refractivity (Wildman–Crippen MR) is 78.6 cm³/mol. The number of benzene rings is 1. The predicted octanol–water partition coefficient (Wildman–Crippen LogP) is 1.67. The first kappa shape index (κ1) is 12.7. The molecule has 0 spiro atoms. The van der Waals surface area contributed by atoms with Crippen LogP contribution in [0, 0.1) is 0 Å². The molecule has 0 atom stereocenters. The molecule has 0 bridgehead atoms. The van der Waals surface area contributed by atoms with Gasteiger partial charge in [0, 0.05) is 4.47 Å². The van der Waals surface area contributed by atoms with Crippen LogP contribution >= 0.6 is 15.9 Å². The quantitative estimate of drug-likeness (QED) is 0.659. The molecule has 1 aromatic carbocycles. The molecule has 0 radical (unpaired) electrons. The number of hydrogen-bond acceptors (Lipinski definition) is 5. The molecule has 20 heavy (non-hydrogen) atoms. The average molecular weight is 336 g/mol. The highest BCUT2D eigenvalue weighted by Crippen LogP contribution is 2.31. The zero-order valence-electron chi connectivity index (χ0n) is 10.4. The maximum absolute atomic E-state index is 11.8. The van der Waals surface area contributed by atoms with Crippen molar-refractivity contribution >= 4 is 33.0 Å². The minimum absolute atomic E-state index is 0.0309. The molecule has 3 rings (SSSR count). The highest BCUT2D eigenvalue weighted by Gasteiger charge is 2.14. The summed E-state index contributed by atoms with van der Waals surface area (Å²) >= 11 is 3.37. The van der Waals surface area contributed by atoms with Crippen LogP contribution in [0.1, 0.15) is 0 Å². The van der Waals surface area contributed by atoms with Gasteiger partial charge in [0.1, 0.15) is 11.6 Å². The minimum atomic E-state index is -0.359. The summed E-state index contributed by atoms with van der Waals surface area (Å²) in [5, 5.41) is 0. The van der Waals surface area contributed by atoms with Crippen molar-refractivity contribution in [3.05, 3.63) is 33.0 Å². The van der Waals surface area contributed by atoms with Gasteiger partial charge in [0.2, 0.25) is 5.95 Å². The summed E-state index contributed by atoms with van der Waals surface area (Å²) in [6.07, 6.45) is 0. The topological polar surface area (TPSA) is 110 Å². The number of H-pyrrole nitrogens is 2. The molecule has 0 unspecified atom stereocenters. The largest absolute Gasteiger partial charge is 0.496 e. The van der Waals surface area contributed by atoms with E-state index in [1.165, 1.54) is 0 Å². The summed E-state index contributed by atoms with van der Waals surface area (Å²) in [5.74, 6) is 1.15. The van der Waals surface area contributed by atoms with Crippen molar-refractivity contribution in [1.82, 2.24) is 19.9 Å². The van der Waals surface area contributed by atoms with Gasteiger partial charge >= 0.3 is 0 Å². The lowest BCUT2D eigenvalue weighted by Crippen LogP contribution is -2.10. The van der Waals surface area contributed by atoms with Crippen LogP contribution in [0.15, 0.2) is 27.5 Å². The Morgan fingerprint density at radius 2 is 2.10 bits per heavy atom. The fourth-order valence-corrected chi connectivity index (χ4v) is 2.25. The Labute approximate surface area is 121 Å². The number of hydrogen-bond donors (Lipinski definition) is 3. The second-order valence-corrected chi connectivity index (χ2v) is 5.00. The Hall–Kier alpha value is -2.35. The van der Waals surface area contributed by atoms with Gasteiger partial charge in [-0.1, -0.05) is 15.9 Å². The highest BCUT2D eigenvalue weighted by atomic mass is 79.9. The van der Waals surface area contributed by atoms with Crippen LogP contribution in [-0.2, 0) is 0 Å². The summed E-state index contributed by atoms with van der Waals surface area (Å²) in [6.45, 7) is 0. The number of imidazole rings is 1. The van der Waals surface area contributed by atoms with Gasteiger partial charge in [-0.15, -0.1) is 0 Å². The van der Waals surface area contributed by atoms with E-state index < -0.39 is 0 Å². The van der Waals surface area contributed by atoms with Gasteiger partial charge in [0.05, 0.1) is 12.7 Å². The number of aromatic nitrogens is 4. The van der Waals surface area contributed by atoms with Gasteiger partial charge in [-0.25, -0.2) is 4.98 Å². The molecule has 0 aliphatic rings. The van der Waals surface area contributed by atoms with Crippen molar-refractivity contribution in [2.45, 2.75) is 0 Å². The maximum atomic E-state index is 11.8. The zero-order valence-corrected chi connectivity index (χ0v) is 12.0. The fourth-order valence-electron chi connectivity index (χ4n) is 1.91. The minimum Gasteiger partial charge on any atom is -0.496 e.